The average Bonchev–Trinajstić information content (AvgIpc) is 2.67. The Labute approximate surface area is 160 Å². The zero-order valence-electron chi connectivity index (χ0n) is 16.5. The van der Waals surface area contributed by atoms with Crippen LogP contribution < -0.4 is 4.90 Å². The minimum absolute atomic E-state index is 0.0737. The van der Waals surface area contributed by atoms with Crippen molar-refractivity contribution in [3.05, 3.63) is 35.8 Å². The van der Waals surface area contributed by atoms with Gasteiger partial charge in [-0.1, -0.05) is 0 Å². The van der Waals surface area contributed by atoms with Gasteiger partial charge in [0.2, 0.25) is 5.91 Å². The summed E-state index contributed by atoms with van der Waals surface area (Å²) in [7, 11) is 2.03. The molecule has 1 amide bonds. The van der Waals surface area contributed by atoms with Crippen LogP contribution in [0.5, 0.6) is 0 Å². The van der Waals surface area contributed by atoms with Gasteiger partial charge in [-0.3, -0.25) is 9.78 Å². The first kappa shape index (κ1) is 19.2. The molecule has 0 saturated heterocycles. The zero-order chi connectivity index (χ0) is 19.4. The Morgan fingerprint density at radius 2 is 2.07 bits per heavy atom. The first-order valence-corrected chi connectivity index (χ1v) is 9.38. The fraction of sp³-hybridized carbons (Fsp3) is 0.500. The molecule has 0 unspecified atom stereocenters. The van der Waals surface area contributed by atoms with E-state index in [1.54, 1.807) is 19.3 Å². The minimum atomic E-state index is 0.0737. The van der Waals surface area contributed by atoms with Gasteiger partial charge in [-0.15, -0.1) is 0 Å². The van der Waals surface area contributed by atoms with Crippen LogP contribution in [0.4, 0.5) is 5.82 Å². The number of fused-ring (bicyclic) bond motifs is 1. The van der Waals surface area contributed by atoms with Gasteiger partial charge in [0.1, 0.15) is 5.82 Å². The largest absolute Gasteiger partial charge is 0.377 e. The molecule has 7 nitrogen and oxygen atoms in total. The fourth-order valence-electron chi connectivity index (χ4n) is 3.43. The highest BCUT2D eigenvalue weighted by atomic mass is 16.5. The molecule has 0 spiro atoms. The summed E-state index contributed by atoms with van der Waals surface area (Å²) in [6.07, 6.45) is 4.34. The van der Waals surface area contributed by atoms with Gasteiger partial charge in [-0.2, -0.15) is 0 Å². The van der Waals surface area contributed by atoms with Crippen LogP contribution in [0, 0.1) is 0 Å². The van der Waals surface area contributed by atoms with Gasteiger partial charge >= 0.3 is 0 Å². The van der Waals surface area contributed by atoms with Crippen LogP contribution in [0.15, 0.2) is 24.5 Å². The molecule has 3 heterocycles. The van der Waals surface area contributed by atoms with Crippen LogP contribution >= 0.6 is 0 Å². The number of aromatic nitrogens is 3. The second kappa shape index (κ2) is 8.43. The molecule has 27 heavy (non-hydrogen) atoms. The van der Waals surface area contributed by atoms with Gasteiger partial charge < -0.3 is 14.5 Å². The van der Waals surface area contributed by atoms with Crippen molar-refractivity contribution in [2.24, 2.45) is 0 Å². The summed E-state index contributed by atoms with van der Waals surface area (Å²) in [6, 6.07) is 3.81. The van der Waals surface area contributed by atoms with Crippen LogP contribution in [0.1, 0.15) is 32.0 Å². The Morgan fingerprint density at radius 1 is 1.33 bits per heavy atom. The number of carbonyl (C=O) groups excluding carboxylic acids is 1. The Kier molecular flexibility index (Phi) is 6.01. The number of anilines is 1. The Balaban J connectivity index is 2.00. The summed E-state index contributed by atoms with van der Waals surface area (Å²) in [5, 5.41) is 0. The lowest BCUT2D eigenvalue weighted by Crippen LogP contribution is -2.37. The first-order valence-electron chi connectivity index (χ1n) is 9.38. The second-order valence-corrected chi connectivity index (χ2v) is 6.87. The highest BCUT2D eigenvalue weighted by molar-refractivity contribution is 5.74. The lowest BCUT2D eigenvalue weighted by atomic mass is 10.0. The maximum absolute atomic E-state index is 11.8. The number of carbonyl (C=O) groups is 1. The molecule has 144 valence electrons. The van der Waals surface area contributed by atoms with E-state index < -0.39 is 0 Å². The number of amides is 1. The number of nitrogens with zero attached hydrogens (tertiary/aromatic N) is 5. The molecule has 3 rings (SSSR count). The maximum Gasteiger partial charge on any atom is 0.219 e. The lowest BCUT2D eigenvalue weighted by Gasteiger charge is -2.31. The molecule has 0 radical (unpaired) electrons. The third-order valence-corrected chi connectivity index (χ3v) is 4.77. The van der Waals surface area contributed by atoms with Crippen molar-refractivity contribution in [2.45, 2.75) is 39.8 Å². The van der Waals surface area contributed by atoms with Gasteiger partial charge in [0.05, 0.1) is 18.3 Å². The number of rotatable bonds is 6. The van der Waals surface area contributed by atoms with Gasteiger partial charge in [-0.25, -0.2) is 9.97 Å². The van der Waals surface area contributed by atoms with E-state index >= 15 is 0 Å². The van der Waals surface area contributed by atoms with E-state index in [4.69, 9.17) is 14.7 Å². The summed E-state index contributed by atoms with van der Waals surface area (Å²) < 4.78 is 5.70. The van der Waals surface area contributed by atoms with Gasteiger partial charge in [0.15, 0.2) is 5.82 Å². The van der Waals surface area contributed by atoms with E-state index in [0.29, 0.717) is 25.5 Å². The topological polar surface area (TPSA) is 71.5 Å². The maximum atomic E-state index is 11.8. The van der Waals surface area contributed by atoms with E-state index in [1.165, 1.54) is 0 Å². The van der Waals surface area contributed by atoms with E-state index in [2.05, 4.69) is 16.8 Å². The molecule has 2 aromatic heterocycles. The van der Waals surface area contributed by atoms with Gasteiger partial charge in [-0.05, 0) is 32.4 Å². The molecule has 0 fully saturated rings. The standard InChI is InChI=1S/C20H27N5O2/c1-5-27-14(2)12-24(4)20-17-8-11-25(15(3)26)13-18(17)22-19(23-20)16-6-9-21-10-7-16/h6-7,9-10,14H,5,8,11-13H2,1-4H3/t14-/m1/s1. The van der Waals surface area contributed by atoms with Crippen LogP contribution in [-0.2, 0) is 22.5 Å². The fourth-order valence-corrected chi connectivity index (χ4v) is 3.43. The average molecular weight is 369 g/mol. The first-order chi connectivity index (χ1) is 13.0. The summed E-state index contributed by atoms with van der Waals surface area (Å²) >= 11 is 0. The normalized spacial score (nSPS) is 14.6. The molecule has 1 atom stereocenters. The Hall–Kier alpha value is -2.54. The van der Waals surface area contributed by atoms with Crippen LogP contribution in [-0.4, -0.2) is 58.6 Å². The number of hydrogen-bond donors (Lipinski definition) is 0. The number of ether oxygens (including phenoxy) is 1. The second-order valence-electron chi connectivity index (χ2n) is 6.87. The van der Waals surface area contributed by atoms with Crippen molar-refractivity contribution < 1.29 is 9.53 Å². The van der Waals surface area contributed by atoms with Gasteiger partial charge in [0.25, 0.3) is 0 Å². The lowest BCUT2D eigenvalue weighted by molar-refractivity contribution is -0.129. The summed E-state index contributed by atoms with van der Waals surface area (Å²) in [5.41, 5.74) is 2.96. The van der Waals surface area contributed by atoms with Crippen LogP contribution in [0.2, 0.25) is 0 Å². The smallest absolute Gasteiger partial charge is 0.219 e. The van der Waals surface area contributed by atoms with Crippen molar-refractivity contribution in [2.75, 3.05) is 31.6 Å². The van der Waals surface area contributed by atoms with E-state index in [-0.39, 0.29) is 12.0 Å². The predicted molar refractivity (Wildman–Crippen MR) is 104 cm³/mol. The molecule has 2 aromatic rings. The summed E-state index contributed by atoms with van der Waals surface area (Å²) in [4.78, 5) is 29.5. The number of pyridine rings is 1. The summed E-state index contributed by atoms with van der Waals surface area (Å²) in [6.45, 7) is 8.31. The summed E-state index contributed by atoms with van der Waals surface area (Å²) in [5.74, 6) is 1.65. The van der Waals surface area contributed by atoms with E-state index in [0.717, 1.165) is 35.6 Å². The van der Waals surface area contributed by atoms with Crippen molar-refractivity contribution >= 4 is 11.7 Å². The third kappa shape index (κ3) is 4.42. The highest BCUT2D eigenvalue weighted by Crippen LogP contribution is 2.29. The monoisotopic (exact) mass is 369 g/mol. The van der Waals surface area contributed by atoms with Crippen LogP contribution in [0.3, 0.4) is 0 Å². The predicted octanol–water partition coefficient (Wildman–Crippen LogP) is 2.30. The molecule has 0 N–H and O–H groups in total. The molecule has 0 saturated carbocycles. The van der Waals surface area contributed by atoms with E-state index in [9.17, 15) is 4.79 Å². The van der Waals surface area contributed by atoms with Crippen molar-refractivity contribution in [3.63, 3.8) is 0 Å². The molecule has 0 bridgehead atoms. The third-order valence-electron chi connectivity index (χ3n) is 4.77. The Morgan fingerprint density at radius 3 is 2.74 bits per heavy atom. The number of hydrogen-bond acceptors (Lipinski definition) is 6. The SMILES string of the molecule is CCO[C@H](C)CN(C)c1nc(-c2ccncc2)nc2c1CCN(C(C)=O)C2. The Bertz CT molecular complexity index is 796. The van der Waals surface area contributed by atoms with Crippen LogP contribution in [0.25, 0.3) is 11.4 Å². The number of likely N-dealkylation sites (N-methyl/N-ethyl adjacent to an activating group) is 1. The van der Waals surface area contributed by atoms with Crippen molar-refractivity contribution in [1.82, 2.24) is 19.9 Å². The van der Waals surface area contributed by atoms with Crippen molar-refractivity contribution in [1.29, 1.82) is 0 Å². The quantitative estimate of drug-likeness (QED) is 0.778. The zero-order valence-corrected chi connectivity index (χ0v) is 16.5. The van der Waals surface area contributed by atoms with Gasteiger partial charge in [0, 0.05) is 57.2 Å². The highest BCUT2D eigenvalue weighted by Gasteiger charge is 2.26. The van der Waals surface area contributed by atoms with E-state index in [1.807, 2.05) is 31.0 Å². The molecule has 0 aliphatic carbocycles. The molecule has 1 aliphatic rings. The molecule has 7 heteroatoms. The molecule has 1 aliphatic heterocycles. The molecular formula is C20H27N5O2. The molecule has 0 aromatic carbocycles. The molecular weight excluding hydrogens is 342 g/mol. The minimum Gasteiger partial charge on any atom is -0.377 e. The van der Waals surface area contributed by atoms with Crippen molar-refractivity contribution in [3.8, 4) is 11.4 Å².